The number of benzene rings is 2. The van der Waals surface area contributed by atoms with Gasteiger partial charge >= 0.3 is 5.97 Å². The van der Waals surface area contributed by atoms with Crippen molar-refractivity contribution in [3.05, 3.63) is 57.8 Å². The quantitative estimate of drug-likeness (QED) is 0.329. The lowest BCUT2D eigenvalue weighted by Crippen LogP contribution is -2.53. The number of anilines is 1. The first-order valence-electron chi connectivity index (χ1n) is 15.1. The highest BCUT2D eigenvalue weighted by molar-refractivity contribution is 6.35. The first-order chi connectivity index (χ1) is 22.6. The average molecular weight is 667 g/mol. The fourth-order valence-corrected chi connectivity index (χ4v) is 6.99. The summed E-state index contributed by atoms with van der Waals surface area (Å²) in [5.41, 5.74) is -1.02. The van der Waals surface area contributed by atoms with Gasteiger partial charge in [-0.1, -0.05) is 18.5 Å². The molecule has 0 bridgehead atoms. The lowest BCUT2D eigenvalue weighted by molar-refractivity contribution is -0.140. The summed E-state index contributed by atoms with van der Waals surface area (Å²) in [4.78, 5) is 48.6. The lowest BCUT2D eigenvalue weighted by Gasteiger charge is -2.39. The van der Waals surface area contributed by atoms with Crippen molar-refractivity contribution in [1.82, 2.24) is 4.98 Å². The molecule has 1 unspecified atom stereocenters. The first-order valence-corrected chi connectivity index (χ1v) is 15.5. The van der Waals surface area contributed by atoms with Crippen LogP contribution < -0.4 is 23.8 Å². The van der Waals surface area contributed by atoms with Crippen LogP contribution in [0.3, 0.4) is 0 Å². The van der Waals surface area contributed by atoms with E-state index in [1.165, 1.54) is 27.4 Å². The second kappa shape index (κ2) is 12.6. The maximum Gasteiger partial charge on any atom is 0.306 e. The van der Waals surface area contributed by atoms with Crippen LogP contribution in [0.2, 0.25) is 5.02 Å². The van der Waals surface area contributed by atoms with Crippen molar-refractivity contribution in [2.75, 3.05) is 59.6 Å². The Morgan fingerprint density at radius 1 is 1.09 bits per heavy atom. The Balaban J connectivity index is 1.61. The molecule has 2 aliphatic heterocycles. The minimum Gasteiger partial charge on any atom is -0.507 e. The third-order valence-corrected chi connectivity index (χ3v) is 9.53. The number of rotatable bonds is 8. The Labute approximate surface area is 276 Å². The minimum atomic E-state index is -2.03. The summed E-state index contributed by atoms with van der Waals surface area (Å²) in [6.45, 7) is 3.55. The van der Waals surface area contributed by atoms with Gasteiger partial charge in [0.15, 0.2) is 17.3 Å². The number of ether oxygens (including phenoxy) is 6. The van der Waals surface area contributed by atoms with Gasteiger partial charge in [0.05, 0.1) is 53.6 Å². The van der Waals surface area contributed by atoms with Gasteiger partial charge in [0, 0.05) is 53.9 Å². The number of aliphatic hydroxyl groups excluding tert-OH is 1. The van der Waals surface area contributed by atoms with Crippen LogP contribution in [0.5, 0.6) is 23.0 Å². The second-order valence-corrected chi connectivity index (χ2v) is 12.0. The molecule has 3 aliphatic rings. The smallest absolute Gasteiger partial charge is 0.306 e. The van der Waals surface area contributed by atoms with Gasteiger partial charge in [-0.2, -0.15) is 0 Å². The summed E-state index contributed by atoms with van der Waals surface area (Å²) in [6, 6.07) is 8.71. The standard InChI is InChI=1S/C34H35ClN2O10/c1-17-12-23(38)27(31(40)34(17)32(41)28-24(43-3)16-25(44-4)29(35)30(28)47-34)20(15-26(39)45-5)21-14-18-13-19(42-2)6-7-22(18)36-33(21)37-8-10-46-11-9-37/h6-7,13-14,16-17,20,40H,8-12,15H2,1-5H3/t17-,20?,34+/m1/s1. The Morgan fingerprint density at radius 2 is 1.81 bits per heavy atom. The summed E-state index contributed by atoms with van der Waals surface area (Å²) < 4.78 is 33.4. The fraction of sp³-hybridized carbons (Fsp3) is 0.412. The highest BCUT2D eigenvalue weighted by Gasteiger charge is 2.61. The van der Waals surface area contributed by atoms with Crippen molar-refractivity contribution >= 4 is 45.9 Å². The molecule has 1 fully saturated rings. The molecule has 2 aromatic carbocycles. The zero-order valence-corrected chi connectivity index (χ0v) is 27.4. The van der Waals surface area contributed by atoms with Crippen molar-refractivity contribution < 1.29 is 47.9 Å². The number of aliphatic hydroxyl groups is 1. The Bertz CT molecular complexity index is 1820. The summed E-state index contributed by atoms with van der Waals surface area (Å²) in [7, 11) is 5.59. The van der Waals surface area contributed by atoms with Gasteiger partial charge in [0.2, 0.25) is 11.4 Å². The third kappa shape index (κ3) is 5.19. The van der Waals surface area contributed by atoms with Gasteiger partial charge in [0.25, 0.3) is 0 Å². The van der Waals surface area contributed by atoms with E-state index in [0.29, 0.717) is 54.3 Å². The van der Waals surface area contributed by atoms with Crippen LogP contribution >= 0.6 is 11.6 Å². The van der Waals surface area contributed by atoms with Crippen LogP contribution in [-0.4, -0.2) is 88.0 Å². The molecule has 6 rings (SSSR count). The number of morpholine rings is 1. The molecule has 3 heterocycles. The lowest BCUT2D eigenvalue weighted by atomic mass is 9.69. The van der Waals surface area contributed by atoms with Crippen LogP contribution in [0.15, 0.2) is 41.7 Å². The number of Topliss-reactive ketones (excluding diaryl/α,β-unsaturated/α-hetero) is 2. The summed E-state index contributed by atoms with van der Waals surface area (Å²) in [6.07, 6.45) is -0.505. The summed E-state index contributed by atoms with van der Waals surface area (Å²) >= 11 is 6.63. The van der Waals surface area contributed by atoms with Crippen LogP contribution in [0.1, 0.15) is 41.6 Å². The molecule has 1 saturated heterocycles. The monoisotopic (exact) mass is 666 g/mol. The maximum atomic E-state index is 14.4. The highest BCUT2D eigenvalue weighted by Crippen LogP contribution is 2.56. The average Bonchev–Trinajstić information content (AvgIpc) is 3.40. The molecule has 1 aromatic heterocycles. The topological polar surface area (TPSA) is 143 Å². The predicted octanol–water partition coefficient (Wildman–Crippen LogP) is 4.83. The van der Waals surface area contributed by atoms with E-state index in [9.17, 15) is 19.5 Å². The van der Waals surface area contributed by atoms with Gasteiger partial charge in [-0.25, -0.2) is 4.98 Å². The number of fused-ring (bicyclic) bond motifs is 2. The van der Waals surface area contributed by atoms with E-state index in [-0.39, 0.29) is 46.2 Å². The van der Waals surface area contributed by atoms with E-state index in [1.807, 2.05) is 17.0 Å². The number of esters is 1. The van der Waals surface area contributed by atoms with E-state index in [4.69, 9.17) is 45.0 Å². The molecule has 1 N–H and O–H groups in total. The second-order valence-electron chi connectivity index (χ2n) is 11.6. The van der Waals surface area contributed by atoms with Gasteiger partial charge in [-0.15, -0.1) is 0 Å². The van der Waals surface area contributed by atoms with E-state index in [0.717, 1.165) is 0 Å². The van der Waals surface area contributed by atoms with Gasteiger partial charge in [-0.3, -0.25) is 14.4 Å². The number of nitrogens with zero attached hydrogens (tertiary/aromatic N) is 2. The normalized spacial score (nSPS) is 21.5. The first kappa shape index (κ1) is 32.4. The third-order valence-electron chi connectivity index (χ3n) is 9.17. The SMILES string of the molecule is COC(=O)CC(C1=C(O)[C@@]2(Oc3c(Cl)c(OC)cc(OC)c3C2=O)[C@H](C)CC1=O)c1cc2cc(OC)ccc2nc1N1CCOCC1. The molecule has 248 valence electrons. The molecule has 0 radical (unpaired) electrons. The summed E-state index contributed by atoms with van der Waals surface area (Å²) in [5, 5.41) is 13.0. The van der Waals surface area contributed by atoms with E-state index >= 15 is 0 Å². The van der Waals surface area contributed by atoms with Gasteiger partial charge in [-0.05, 0) is 24.3 Å². The largest absolute Gasteiger partial charge is 0.507 e. The minimum absolute atomic E-state index is 0.0142. The van der Waals surface area contributed by atoms with E-state index in [2.05, 4.69) is 0 Å². The number of hydrogen-bond acceptors (Lipinski definition) is 12. The van der Waals surface area contributed by atoms with Crippen LogP contribution in [0.4, 0.5) is 5.82 Å². The van der Waals surface area contributed by atoms with Crippen molar-refractivity contribution in [3.63, 3.8) is 0 Å². The molecule has 3 aromatic rings. The van der Waals surface area contributed by atoms with E-state index < -0.39 is 40.7 Å². The summed E-state index contributed by atoms with van der Waals surface area (Å²) in [5.74, 6) is -2.81. The molecule has 1 spiro atoms. The molecule has 1 aliphatic carbocycles. The number of carbonyl (C=O) groups is 3. The molecule has 13 heteroatoms. The molecule has 3 atom stereocenters. The Kier molecular flexibility index (Phi) is 8.66. The maximum absolute atomic E-state index is 14.4. The van der Waals surface area contributed by atoms with Crippen LogP contribution in [0, 0.1) is 5.92 Å². The number of pyridine rings is 1. The molecular formula is C34H35ClN2O10. The highest BCUT2D eigenvalue weighted by atomic mass is 35.5. The Morgan fingerprint density at radius 3 is 2.47 bits per heavy atom. The zero-order chi connectivity index (χ0) is 33.6. The predicted molar refractivity (Wildman–Crippen MR) is 171 cm³/mol. The van der Waals surface area contributed by atoms with Crippen LogP contribution in [-0.2, 0) is 19.1 Å². The van der Waals surface area contributed by atoms with Crippen LogP contribution in [0.25, 0.3) is 10.9 Å². The number of aromatic nitrogens is 1. The number of hydrogen-bond donors (Lipinski definition) is 1. The fourth-order valence-electron chi connectivity index (χ4n) is 6.73. The van der Waals surface area contributed by atoms with Crippen molar-refractivity contribution in [1.29, 1.82) is 0 Å². The molecule has 0 saturated carbocycles. The number of carbonyl (C=O) groups excluding carboxylic acids is 3. The van der Waals surface area contributed by atoms with Gasteiger partial charge in [0.1, 0.15) is 33.7 Å². The zero-order valence-electron chi connectivity index (χ0n) is 26.7. The molecule has 12 nitrogen and oxygen atoms in total. The number of ketones is 2. The molecule has 47 heavy (non-hydrogen) atoms. The van der Waals surface area contributed by atoms with E-state index in [1.54, 1.807) is 26.2 Å². The Hall–Kier alpha value is -4.55. The number of halogens is 1. The van der Waals surface area contributed by atoms with Crippen molar-refractivity contribution in [3.8, 4) is 23.0 Å². The molecule has 0 amide bonds. The molecular weight excluding hydrogens is 632 g/mol. The van der Waals surface area contributed by atoms with Crippen molar-refractivity contribution in [2.45, 2.75) is 31.3 Å². The van der Waals surface area contributed by atoms with Gasteiger partial charge < -0.3 is 38.4 Å². The van der Waals surface area contributed by atoms with Crippen molar-refractivity contribution in [2.24, 2.45) is 5.92 Å². The number of allylic oxidation sites excluding steroid dienone is 1. The number of methoxy groups -OCH3 is 4.